The normalized spacial score (nSPS) is 55.9. The molecule has 0 aromatic carbocycles. The van der Waals surface area contributed by atoms with Gasteiger partial charge in [-0.25, -0.2) is 0 Å². The third kappa shape index (κ3) is 2.11. The molecule has 21 heavy (non-hydrogen) atoms. The van der Waals surface area contributed by atoms with Crippen molar-refractivity contribution in [2.45, 2.75) is 55.0 Å². The second kappa shape index (κ2) is 5.35. The molecule has 0 aromatic heterocycles. The number of fused-ring (bicyclic) bond motifs is 1. The summed E-state index contributed by atoms with van der Waals surface area (Å²) in [6.45, 7) is 0.244. The van der Waals surface area contributed by atoms with E-state index in [1.807, 2.05) is 0 Å². The van der Waals surface area contributed by atoms with Crippen LogP contribution in [0.4, 0.5) is 0 Å². The van der Waals surface area contributed by atoms with Crippen LogP contribution in [0.2, 0.25) is 0 Å². The van der Waals surface area contributed by atoms with E-state index in [4.69, 9.17) is 5.73 Å². The third-order valence-corrected chi connectivity index (χ3v) is 4.75. The average molecular weight is 309 g/mol. The smallest absolute Gasteiger partial charge is 0.142 e. The Kier molecular flexibility index (Phi) is 4.32. The molecular formula is C11H23N3O7. The molecule has 1 saturated heterocycles. The first-order valence-electron chi connectivity index (χ1n) is 6.65. The average Bonchev–Trinajstić information content (AvgIpc) is 2.41. The molecule has 0 aromatic rings. The van der Waals surface area contributed by atoms with E-state index in [2.05, 4.69) is 10.6 Å². The number of nitrogens with one attached hydrogen (secondary N) is 2. The van der Waals surface area contributed by atoms with E-state index in [0.29, 0.717) is 0 Å². The molecule has 2 aliphatic rings. The highest BCUT2D eigenvalue weighted by atomic mass is 16.4. The minimum absolute atomic E-state index is 1.03. The van der Waals surface area contributed by atoms with Gasteiger partial charge in [0.25, 0.3) is 0 Å². The van der Waals surface area contributed by atoms with Crippen LogP contribution in [0, 0.1) is 5.92 Å². The van der Waals surface area contributed by atoms with Crippen molar-refractivity contribution in [2.75, 3.05) is 6.61 Å². The van der Waals surface area contributed by atoms with E-state index >= 15 is 0 Å². The fourth-order valence-corrected chi connectivity index (χ4v) is 3.53. The van der Waals surface area contributed by atoms with Gasteiger partial charge in [-0.05, 0) is 6.92 Å². The van der Waals surface area contributed by atoms with E-state index in [9.17, 15) is 35.7 Å². The number of aliphatic hydroxyl groups excluding tert-OH is 6. The monoisotopic (exact) mass is 309 g/mol. The first-order valence-corrected chi connectivity index (χ1v) is 6.65. The summed E-state index contributed by atoms with van der Waals surface area (Å²) in [5.41, 5.74) is 1.41. The zero-order chi connectivity index (χ0) is 16.2. The van der Waals surface area contributed by atoms with Gasteiger partial charge in [0.2, 0.25) is 0 Å². The molecule has 0 bridgehead atoms. The van der Waals surface area contributed by atoms with Gasteiger partial charge in [0, 0.05) is 0 Å². The summed E-state index contributed by atoms with van der Waals surface area (Å²) in [6.07, 6.45) is -9.46. The Bertz CT molecular complexity index is 400. The Morgan fingerprint density at radius 2 is 1.71 bits per heavy atom. The Balaban J connectivity index is 2.56. The maximum atomic E-state index is 10.4. The molecule has 124 valence electrons. The van der Waals surface area contributed by atoms with Crippen LogP contribution in [0.3, 0.4) is 0 Å². The number of rotatable bonds is 2. The lowest BCUT2D eigenvalue weighted by Gasteiger charge is -2.62. The van der Waals surface area contributed by atoms with Crippen LogP contribution >= 0.6 is 0 Å². The maximum Gasteiger partial charge on any atom is 0.142 e. The van der Waals surface area contributed by atoms with Gasteiger partial charge < -0.3 is 41.5 Å². The molecule has 2 rings (SSSR count). The van der Waals surface area contributed by atoms with Crippen LogP contribution in [-0.4, -0.2) is 90.4 Å². The summed E-state index contributed by atoms with van der Waals surface area (Å²) in [5.74, 6) is -1.34. The van der Waals surface area contributed by atoms with Crippen LogP contribution < -0.4 is 16.4 Å². The lowest BCUT2D eigenvalue weighted by atomic mass is 9.58. The molecule has 10 heteroatoms. The van der Waals surface area contributed by atoms with Crippen molar-refractivity contribution in [1.29, 1.82) is 0 Å². The summed E-state index contributed by atoms with van der Waals surface area (Å²) < 4.78 is 0. The molecule has 11 N–H and O–H groups in total. The largest absolute Gasteiger partial charge is 0.393 e. The highest BCUT2D eigenvalue weighted by Gasteiger charge is 2.69. The Morgan fingerprint density at radius 3 is 2.19 bits per heavy atom. The third-order valence-electron chi connectivity index (χ3n) is 4.75. The molecule has 0 amide bonds. The van der Waals surface area contributed by atoms with E-state index in [-0.39, 0.29) is 0 Å². The van der Waals surface area contributed by atoms with Gasteiger partial charge in [0.15, 0.2) is 0 Å². The molecule has 1 unspecified atom stereocenters. The molecule has 1 aliphatic carbocycles. The molecule has 1 heterocycles. The predicted molar refractivity (Wildman–Crippen MR) is 68.2 cm³/mol. The van der Waals surface area contributed by atoms with Crippen LogP contribution in [0.25, 0.3) is 0 Å². The van der Waals surface area contributed by atoms with Crippen LogP contribution in [-0.2, 0) is 0 Å². The van der Waals surface area contributed by atoms with Crippen LogP contribution in [0.15, 0.2) is 0 Å². The van der Waals surface area contributed by atoms with Crippen molar-refractivity contribution in [2.24, 2.45) is 11.7 Å². The predicted octanol–water partition coefficient (Wildman–Crippen LogP) is -5.70. The van der Waals surface area contributed by atoms with Gasteiger partial charge in [0.1, 0.15) is 30.3 Å². The standard InChI is InChI=1S/C11H23N3O7/c1-3(16)11-4(8(20)13-9(12)14-11)5(17)10(21,2-15)6(18)7(11)19/h3-9,13-21H,2,12H2,1H3/t3?,4-,5-,6+,7-,8-,9+,10+,11-/m1/s1. The minimum Gasteiger partial charge on any atom is -0.393 e. The van der Waals surface area contributed by atoms with Crippen LogP contribution in [0.5, 0.6) is 0 Å². The number of hydrogen-bond acceptors (Lipinski definition) is 10. The van der Waals surface area contributed by atoms with Crippen molar-refractivity contribution < 1.29 is 35.7 Å². The fourth-order valence-electron chi connectivity index (χ4n) is 3.53. The lowest BCUT2D eigenvalue weighted by molar-refractivity contribution is -0.297. The first-order chi connectivity index (χ1) is 9.62. The van der Waals surface area contributed by atoms with Crippen molar-refractivity contribution in [3.8, 4) is 0 Å². The molecule has 2 fully saturated rings. The Labute approximate surface area is 120 Å². The molecule has 0 radical (unpaired) electrons. The molecule has 9 atom stereocenters. The first kappa shape index (κ1) is 17.0. The van der Waals surface area contributed by atoms with Crippen LogP contribution in [0.1, 0.15) is 6.92 Å². The molecule has 1 saturated carbocycles. The summed E-state index contributed by atoms with van der Waals surface area (Å²) >= 11 is 0. The van der Waals surface area contributed by atoms with Gasteiger partial charge >= 0.3 is 0 Å². The van der Waals surface area contributed by atoms with E-state index in [1.54, 1.807) is 0 Å². The quantitative estimate of drug-likeness (QED) is 0.235. The summed E-state index contributed by atoms with van der Waals surface area (Å²) in [4.78, 5) is 0. The molecule has 10 nitrogen and oxygen atoms in total. The van der Waals surface area contributed by atoms with Gasteiger partial charge in [0.05, 0.1) is 30.3 Å². The fraction of sp³-hybridized carbons (Fsp3) is 1.00. The number of aliphatic hydroxyl groups is 7. The van der Waals surface area contributed by atoms with Gasteiger partial charge in [-0.2, -0.15) is 0 Å². The highest BCUT2D eigenvalue weighted by molar-refractivity contribution is 5.22. The van der Waals surface area contributed by atoms with E-state index < -0.39 is 60.6 Å². The van der Waals surface area contributed by atoms with Gasteiger partial charge in [-0.15, -0.1) is 0 Å². The molecular weight excluding hydrogens is 286 g/mol. The van der Waals surface area contributed by atoms with Gasteiger partial charge in [-0.3, -0.25) is 10.6 Å². The molecule has 1 aliphatic heterocycles. The van der Waals surface area contributed by atoms with Crippen molar-refractivity contribution in [3.05, 3.63) is 0 Å². The van der Waals surface area contributed by atoms with E-state index in [0.717, 1.165) is 0 Å². The SMILES string of the molecule is CC(O)[C@@]12N[C@@H](N)N[C@H](O)[C@H]1[C@@H](O)[C@@](O)(CO)[C@@H](O)[C@H]2O. The van der Waals surface area contributed by atoms with Crippen molar-refractivity contribution in [1.82, 2.24) is 10.6 Å². The molecule has 0 spiro atoms. The van der Waals surface area contributed by atoms with Gasteiger partial charge in [-0.1, -0.05) is 0 Å². The summed E-state index contributed by atoms with van der Waals surface area (Å²) in [7, 11) is 0. The number of nitrogens with two attached hydrogens (primary N) is 1. The van der Waals surface area contributed by atoms with Crippen molar-refractivity contribution >= 4 is 0 Å². The summed E-state index contributed by atoms with van der Waals surface area (Å²) in [5, 5.41) is 75.5. The second-order valence-corrected chi connectivity index (χ2v) is 5.85. The second-order valence-electron chi connectivity index (χ2n) is 5.85. The maximum absolute atomic E-state index is 10.4. The Hall–Kier alpha value is -0.400. The topological polar surface area (TPSA) is 192 Å². The van der Waals surface area contributed by atoms with E-state index in [1.165, 1.54) is 6.92 Å². The zero-order valence-corrected chi connectivity index (χ0v) is 11.5. The highest BCUT2D eigenvalue weighted by Crippen LogP contribution is 2.44. The minimum atomic E-state index is -2.45. The zero-order valence-electron chi connectivity index (χ0n) is 11.5. The van der Waals surface area contributed by atoms with Crippen molar-refractivity contribution in [3.63, 3.8) is 0 Å². The Morgan fingerprint density at radius 1 is 1.14 bits per heavy atom. The summed E-state index contributed by atoms with van der Waals surface area (Å²) in [6, 6.07) is 0. The number of hydrogen-bond donors (Lipinski definition) is 10. The lowest BCUT2D eigenvalue weighted by Crippen LogP contribution is -2.88.